The Morgan fingerprint density at radius 2 is 1.69 bits per heavy atom. The minimum absolute atomic E-state index is 0.0121. The third kappa shape index (κ3) is 1.65. The molecule has 2 amide bonds. The number of carbonyl (C=O) groups excluding carboxylic acids is 2. The number of nitrogens with one attached hydrogen (secondary N) is 1. The van der Waals surface area contributed by atoms with E-state index in [1.807, 2.05) is 13.8 Å². The van der Waals surface area contributed by atoms with Crippen LogP contribution in [0, 0.1) is 17.8 Å². The van der Waals surface area contributed by atoms with Gasteiger partial charge in [-0.1, -0.05) is 20.8 Å². The lowest BCUT2D eigenvalue weighted by atomic mass is 9.93. The van der Waals surface area contributed by atoms with E-state index in [2.05, 4.69) is 12.2 Å². The van der Waals surface area contributed by atoms with Crippen molar-refractivity contribution in [3.8, 4) is 0 Å². The molecule has 0 spiro atoms. The Morgan fingerprint density at radius 3 is 2.19 bits per heavy atom. The van der Waals surface area contributed by atoms with Crippen LogP contribution in [0.1, 0.15) is 27.2 Å². The van der Waals surface area contributed by atoms with Crippen molar-refractivity contribution in [2.45, 2.75) is 33.2 Å². The first kappa shape index (κ1) is 11.6. The molecular weight excluding hydrogens is 204 g/mol. The normalized spacial score (nSPS) is 40.6. The van der Waals surface area contributed by atoms with Crippen LogP contribution >= 0.6 is 0 Å². The zero-order chi connectivity index (χ0) is 11.9. The van der Waals surface area contributed by atoms with Gasteiger partial charge in [0.2, 0.25) is 11.8 Å². The average molecular weight is 224 g/mol. The van der Waals surface area contributed by atoms with Crippen LogP contribution < -0.4 is 5.32 Å². The summed E-state index contributed by atoms with van der Waals surface area (Å²) in [6.45, 7) is 7.56. The number of amides is 2. The molecule has 4 heteroatoms. The molecule has 4 unspecified atom stereocenters. The van der Waals surface area contributed by atoms with Gasteiger partial charge < -0.3 is 5.32 Å². The van der Waals surface area contributed by atoms with E-state index in [9.17, 15) is 9.59 Å². The highest BCUT2D eigenvalue weighted by Crippen LogP contribution is 2.30. The Morgan fingerprint density at radius 1 is 1.12 bits per heavy atom. The molecule has 0 radical (unpaired) electrons. The fourth-order valence-electron chi connectivity index (χ4n) is 2.62. The zero-order valence-electron chi connectivity index (χ0n) is 10.2. The minimum atomic E-state index is -0.151. The maximum absolute atomic E-state index is 12.0. The first-order chi connectivity index (χ1) is 7.54. The minimum Gasteiger partial charge on any atom is -0.315 e. The van der Waals surface area contributed by atoms with Crippen molar-refractivity contribution >= 4 is 11.8 Å². The molecule has 90 valence electrons. The van der Waals surface area contributed by atoms with Crippen LogP contribution in [0.4, 0.5) is 0 Å². The number of carbonyl (C=O) groups is 2. The van der Waals surface area contributed by atoms with Gasteiger partial charge in [-0.3, -0.25) is 14.5 Å². The number of rotatable bonds is 1. The van der Waals surface area contributed by atoms with E-state index in [1.54, 1.807) is 0 Å². The molecule has 0 saturated carbocycles. The van der Waals surface area contributed by atoms with Gasteiger partial charge in [0.05, 0.1) is 6.04 Å². The molecule has 1 N–H and O–H groups in total. The fourth-order valence-corrected chi connectivity index (χ4v) is 2.62. The van der Waals surface area contributed by atoms with Gasteiger partial charge in [0, 0.05) is 18.4 Å². The Hall–Kier alpha value is -0.900. The Labute approximate surface area is 96.4 Å². The number of likely N-dealkylation sites (tertiary alicyclic amines) is 1. The fraction of sp³-hybridized carbons (Fsp3) is 0.833. The standard InChI is InChI=1S/C12H20N2O2/c1-7-4-5-13-6-10(7)14-11(15)8(2)9(3)12(14)16/h7-10,13H,4-6H2,1-3H3. The van der Waals surface area contributed by atoms with E-state index < -0.39 is 0 Å². The largest absolute Gasteiger partial charge is 0.315 e. The van der Waals surface area contributed by atoms with Crippen molar-refractivity contribution < 1.29 is 9.59 Å². The molecule has 0 bridgehead atoms. The molecular formula is C12H20N2O2. The molecule has 4 nitrogen and oxygen atoms in total. The van der Waals surface area contributed by atoms with Crippen LogP contribution in [-0.4, -0.2) is 35.8 Å². The van der Waals surface area contributed by atoms with Crippen molar-refractivity contribution in [3.05, 3.63) is 0 Å². The predicted octanol–water partition coefficient (Wildman–Crippen LogP) is 0.625. The van der Waals surface area contributed by atoms with E-state index in [1.165, 1.54) is 4.90 Å². The van der Waals surface area contributed by atoms with E-state index in [-0.39, 0.29) is 29.7 Å². The third-order valence-corrected chi connectivity index (χ3v) is 4.12. The monoisotopic (exact) mass is 224 g/mol. The van der Waals surface area contributed by atoms with Crippen molar-refractivity contribution in [2.75, 3.05) is 13.1 Å². The molecule has 2 aliphatic rings. The summed E-state index contributed by atoms with van der Waals surface area (Å²) >= 11 is 0. The number of hydrogen-bond donors (Lipinski definition) is 1. The molecule has 0 aromatic carbocycles. The van der Waals surface area contributed by atoms with E-state index in [0.29, 0.717) is 5.92 Å². The number of imide groups is 1. The first-order valence-corrected chi connectivity index (χ1v) is 6.11. The maximum atomic E-state index is 12.0. The van der Waals surface area contributed by atoms with Crippen LogP contribution in [-0.2, 0) is 9.59 Å². The topological polar surface area (TPSA) is 49.4 Å². The van der Waals surface area contributed by atoms with Crippen LogP contribution in [0.2, 0.25) is 0 Å². The van der Waals surface area contributed by atoms with Gasteiger partial charge in [0.15, 0.2) is 0 Å². The summed E-state index contributed by atoms with van der Waals surface area (Å²) in [4.78, 5) is 25.6. The predicted molar refractivity (Wildman–Crippen MR) is 60.6 cm³/mol. The Kier molecular flexibility index (Phi) is 3.02. The lowest BCUT2D eigenvalue weighted by molar-refractivity contribution is -0.144. The summed E-state index contributed by atoms with van der Waals surface area (Å²) in [5.74, 6) is 0.131. The summed E-state index contributed by atoms with van der Waals surface area (Å²) in [7, 11) is 0. The highest BCUT2D eigenvalue weighted by atomic mass is 16.2. The first-order valence-electron chi connectivity index (χ1n) is 6.11. The number of piperidine rings is 1. The Balaban J connectivity index is 2.20. The lowest BCUT2D eigenvalue weighted by Crippen LogP contribution is -2.52. The van der Waals surface area contributed by atoms with Gasteiger partial charge >= 0.3 is 0 Å². The summed E-state index contributed by atoms with van der Waals surface area (Å²) in [6.07, 6.45) is 1.03. The second-order valence-electron chi connectivity index (χ2n) is 5.16. The highest BCUT2D eigenvalue weighted by Gasteiger charge is 2.46. The lowest BCUT2D eigenvalue weighted by Gasteiger charge is -2.35. The SMILES string of the molecule is CC1CCNCC1N1C(=O)C(C)C(C)C1=O. The van der Waals surface area contributed by atoms with Gasteiger partial charge in [-0.2, -0.15) is 0 Å². The molecule has 2 heterocycles. The van der Waals surface area contributed by atoms with Gasteiger partial charge in [-0.25, -0.2) is 0 Å². The smallest absolute Gasteiger partial charge is 0.233 e. The van der Waals surface area contributed by atoms with Crippen LogP contribution in [0.3, 0.4) is 0 Å². The van der Waals surface area contributed by atoms with E-state index in [0.717, 1.165) is 19.5 Å². The molecule has 4 atom stereocenters. The summed E-state index contributed by atoms with van der Waals surface area (Å²) in [5.41, 5.74) is 0. The van der Waals surface area contributed by atoms with Gasteiger partial charge in [0.1, 0.15) is 0 Å². The van der Waals surface area contributed by atoms with Crippen molar-refractivity contribution in [1.82, 2.24) is 10.2 Å². The molecule has 2 aliphatic heterocycles. The molecule has 0 aromatic rings. The highest BCUT2D eigenvalue weighted by molar-refractivity contribution is 6.05. The van der Waals surface area contributed by atoms with E-state index in [4.69, 9.17) is 0 Å². The third-order valence-electron chi connectivity index (χ3n) is 4.12. The van der Waals surface area contributed by atoms with Gasteiger partial charge in [0.25, 0.3) is 0 Å². The van der Waals surface area contributed by atoms with Crippen LogP contribution in [0.15, 0.2) is 0 Å². The van der Waals surface area contributed by atoms with Crippen molar-refractivity contribution in [1.29, 1.82) is 0 Å². The summed E-state index contributed by atoms with van der Waals surface area (Å²) in [5, 5.41) is 3.27. The zero-order valence-corrected chi connectivity index (χ0v) is 10.2. The molecule has 16 heavy (non-hydrogen) atoms. The molecule has 0 aromatic heterocycles. The summed E-state index contributed by atoms with van der Waals surface area (Å²) in [6, 6.07) is 0.0566. The second-order valence-corrected chi connectivity index (χ2v) is 5.16. The van der Waals surface area contributed by atoms with Crippen molar-refractivity contribution in [3.63, 3.8) is 0 Å². The van der Waals surface area contributed by atoms with Crippen molar-refractivity contribution in [2.24, 2.45) is 17.8 Å². The molecule has 2 saturated heterocycles. The molecule has 0 aliphatic carbocycles. The number of hydrogen-bond acceptors (Lipinski definition) is 3. The van der Waals surface area contributed by atoms with Crippen LogP contribution in [0.5, 0.6) is 0 Å². The van der Waals surface area contributed by atoms with Gasteiger partial charge in [-0.15, -0.1) is 0 Å². The molecule has 2 rings (SSSR count). The average Bonchev–Trinajstić information content (AvgIpc) is 2.45. The van der Waals surface area contributed by atoms with Crippen LogP contribution in [0.25, 0.3) is 0 Å². The quantitative estimate of drug-likeness (QED) is 0.664. The Bertz CT molecular complexity index is 296. The molecule has 2 fully saturated rings. The van der Waals surface area contributed by atoms with E-state index >= 15 is 0 Å². The maximum Gasteiger partial charge on any atom is 0.233 e. The number of nitrogens with zero attached hydrogens (tertiary/aromatic N) is 1. The summed E-state index contributed by atoms with van der Waals surface area (Å²) < 4.78 is 0. The second kappa shape index (κ2) is 4.17. The van der Waals surface area contributed by atoms with Gasteiger partial charge in [-0.05, 0) is 18.9 Å².